The van der Waals surface area contributed by atoms with Crippen LogP contribution in [0, 0.1) is 5.92 Å². The van der Waals surface area contributed by atoms with Crippen molar-refractivity contribution in [2.24, 2.45) is 5.92 Å². The van der Waals surface area contributed by atoms with Crippen LogP contribution in [0.1, 0.15) is 44.6 Å². The molecule has 3 unspecified atom stereocenters. The van der Waals surface area contributed by atoms with Crippen LogP contribution in [0.5, 0.6) is 0 Å². The minimum atomic E-state index is -0.396. The van der Waals surface area contributed by atoms with E-state index in [1.807, 2.05) is 0 Å². The molecule has 4 heteroatoms. The first-order chi connectivity index (χ1) is 10.3. The van der Waals surface area contributed by atoms with Crippen molar-refractivity contribution in [3.8, 4) is 0 Å². The van der Waals surface area contributed by atoms with Gasteiger partial charge in [0.1, 0.15) is 0 Å². The van der Waals surface area contributed by atoms with E-state index in [9.17, 15) is 5.11 Å². The molecular weight excluding hydrogens is 282 g/mol. The van der Waals surface area contributed by atoms with Crippen LogP contribution in [-0.4, -0.2) is 37.0 Å². The Kier molecular flexibility index (Phi) is 7.72. The molecule has 3 atom stereocenters. The number of aliphatic hydroxyl groups is 1. The third-order valence-corrected chi connectivity index (χ3v) is 5.15. The van der Waals surface area contributed by atoms with Gasteiger partial charge in [-0.25, -0.2) is 0 Å². The quantitative estimate of drug-likeness (QED) is 0.688. The van der Waals surface area contributed by atoms with E-state index in [0.717, 1.165) is 19.4 Å². The van der Waals surface area contributed by atoms with Gasteiger partial charge in [-0.15, -0.1) is 0 Å². The molecule has 120 valence electrons. The lowest BCUT2D eigenvalue weighted by atomic mass is 9.85. The average molecular weight is 311 g/mol. The summed E-state index contributed by atoms with van der Waals surface area (Å²) in [7, 11) is 0. The Balaban J connectivity index is 1.55. The zero-order valence-corrected chi connectivity index (χ0v) is 13.9. The predicted octanol–water partition coefficient (Wildman–Crippen LogP) is 3.23. The second-order valence-electron chi connectivity index (χ2n) is 6.06. The Labute approximate surface area is 132 Å². The molecule has 0 aromatic carbocycles. The fourth-order valence-corrected chi connectivity index (χ4v) is 3.79. The molecule has 0 amide bonds. The van der Waals surface area contributed by atoms with E-state index in [0.29, 0.717) is 25.2 Å². The first kappa shape index (κ1) is 16.9. The van der Waals surface area contributed by atoms with Gasteiger partial charge < -0.3 is 15.2 Å². The second-order valence-corrected chi connectivity index (χ2v) is 6.84. The molecule has 1 aromatic rings. The van der Waals surface area contributed by atoms with Crippen molar-refractivity contribution >= 4 is 11.3 Å². The molecule has 0 radical (unpaired) electrons. The molecule has 1 aromatic heterocycles. The van der Waals surface area contributed by atoms with Gasteiger partial charge in [-0.3, -0.25) is 0 Å². The number of rotatable bonds is 9. The molecule has 21 heavy (non-hydrogen) atoms. The van der Waals surface area contributed by atoms with Gasteiger partial charge in [0, 0.05) is 6.54 Å². The highest BCUT2D eigenvalue weighted by Crippen LogP contribution is 2.29. The van der Waals surface area contributed by atoms with Crippen LogP contribution >= 0.6 is 11.3 Å². The van der Waals surface area contributed by atoms with Crippen molar-refractivity contribution in [3.63, 3.8) is 0 Å². The Morgan fingerprint density at radius 3 is 3.05 bits per heavy atom. The summed E-state index contributed by atoms with van der Waals surface area (Å²) in [6.45, 7) is 4.24. The van der Waals surface area contributed by atoms with Crippen molar-refractivity contribution in [2.45, 2.75) is 57.7 Å². The van der Waals surface area contributed by atoms with Crippen LogP contribution in [0.2, 0.25) is 0 Å². The number of hydrogen-bond acceptors (Lipinski definition) is 4. The van der Waals surface area contributed by atoms with E-state index in [-0.39, 0.29) is 0 Å². The number of ether oxygens (including phenoxy) is 1. The molecule has 1 saturated carbocycles. The largest absolute Gasteiger partial charge is 0.389 e. The molecule has 1 fully saturated rings. The van der Waals surface area contributed by atoms with Gasteiger partial charge in [0.2, 0.25) is 0 Å². The monoisotopic (exact) mass is 311 g/mol. The van der Waals surface area contributed by atoms with Crippen LogP contribution in [0.4, 0.5) is 0 Å². The third-order valence-electron chi connectivity index (χ3n) is 4.42. The topological polar surface area (TPSA) is 41.5 Å². The molecule has 1 aliphatic rings. The van der Waals surface area contributed by atoms with E-state index in [1.54, 1.807) is 11.3 Å². The Morgan fingerprint density at radius 1 is 1.43 bits per heavy atom. The zero-order chi connectivity index (χ0) is 14.9. The van der Waals surface area contributed by atoms with Crippen molar-refractivity contribution < 1.29 is 9.84 Å². The first-order valence-corrected chi connectivity index (χ1v) is 9.25. The summed E-state index contributed by atoms with van der Waals surface area (Å²) in [4.78, 5) is 0. The maximum atomic E-state index is 10.0. The van der Waals surface area contributed by atoms with Crippen molar-refractivity contribution in [3.05, 3.63) is 22.4 Å². The number of nitrogens with one attached hydrogen (secondary N) is 1. The van der Waals surface area contributed by atoms with Gasteiger partial charge in [0.05, 0.1) is 18.8 Å². The number of thiophene rings is 1. The molecule has 0 saturated heterocycles. The van der Waals surface area contributed by atoms with Crippen LogP contribution in [-0.2, 0) is 11.2 Å². The molecule has 1 aliphatic carbocycles. The van der Waals surface area contributed by atoms with Gasteiger partial charge in [0.25, 0.3) is 0 Å². The highest BCUT2D eigenvalue weighted by molar-refractivity contribution is 7.07. The van der Waals surface area contributed by atoms with E-state index in [2.05, 4.69) is 29.1 Å². The van der Waals surface area contributed by atoms with Gasteiger partial charge >= 0.3 is 0 Å². The van der Waals surface area contributed by atoms with E-state index in [1.165, 1.54) is 31.2 Å². The molecule has 2 rings (SSSR count). The molecule has 3 nitrogen and oxygen atoms in total. The fourth-order valence-electron chi connectivity index (χ4n) is 3.09. The summed E-state index contributed by atoms with van der Waals surface area (Å²) in [6, 6.07) is 2.15. The smallest absolute Gasteiger partial charge is 0.0897 e. The summed E-state index contributed by atoms with van der Waals surface area (Å²) in [5.74, 6) is 0.692. The Morgan fingerprint density at radius 2 is 2.29 bits per heavy atom. The molecule has 0 bridgehead atoms. The lowest BCUT2D eigenvalue weighted by Gasteiger charge is -2.31. The van der Waals surface area contributed by atoms with Crippen molar-refractivity contribution in [1.82, 2.24) is 5.32 Å². The number of hydrogen-bond donors (Lipinski definition) is 2. The minimum absolute atomic E-state index is 0.365. The molecule has 1 heterocycles. The predicted molar refractivity (Wildman–Crippen MR) is 88.9 cm³/mol. The second kappa shape index (κ2) is 9.57. The highest BCUT2D eigenvalue weighted by atomic mass is 32.1. The standard InChI is InChI=1S/C17H29NO2S/c1-2-15-5-3-4-6-17(15)20-12-16(19)11-18-9-7-14-8-10-21-13-14/h8,10,13,15-19H,2-7,9,11-12H2,1H3. The molecule has 0 spiro atoms. The average Bonchev–Trinajstić information content (AvgIpc) is 3.03. The van der Waals surface area contributed by atoms with Crippen LogP contribution in [0.25, 0.3) is 0 Å². The SMILES string of the molecule is CCC1CCCCC1OCC(O)CNCCc1ccsc1. The normalized spacial score (nSPS) is 24.1. The number of aliphatic hydroxyl groups excluding tert-OH is 1. The molecule has 0 aliphatic heterocycles. The summed E-state index contributed by atoms with van der Waals surface area (Å²) in [5.41, 5.74) is 1.37. The minimum Gasteiger partial charge on any atom is -0.389 e. The summed E-state index contributed by atoms with van der Waals surface area (Å²) in [6.07, 6.45) is 7.25. The highest BCUT2D eigenvalue weighted by Gasteiger charge is 2.24. The Hall–Kier alpha value is -0.420. The summed E-state index contributed by atoms with van der Waals surface area (Å²) in [5, 5.41) is 17.6. The fraction of sp³-hybridized carbons (Fsp3) is 0.765. The van der Waals surface area contributed by atoms with Crippen LogP contribution in [0.3, 0.4) is 0 Å². The van der Waals surface area contributed by atoms with Crippen molar-refractivity contribution in [1.29, 1.82) is 0 Å². The van der Waals surface area contributed by atoms with Crippen molar-refractivity contribution in [2.75, 3.05) is 19.7 Å². The lowest BCUT2D eigenvalue weighted by molar-refractivity contribution is -0.0498. The maximum absolute atomic E-state index is 10.0. The van der Waals surface area contributed by atoms with E-state index in [4.69, 9.17) is 4.74 Å². The third kappa shape index (κ3) is 6.07. The first-order valence-electron chi connectivity index (χ1n) is 8.31. The van der Waals surface area contributed by atoms with Gasteiger partial charge in [-0.05, 0) is 54.1 Å². The zero-order valence-electron chi connectivity index (χ0n) is 13.1. The van der Waals surface area contributed by atoms with E-state index >= 15 is 0 Å². The summed E-state index contributed by atoms with van der Waals surface area (Å²) >= 11 is 1.73. The maximum Gasteiger partial charge on any atom is 0.0897 e. The van der Waals surface area contributed by atoms with Gasteiger partial charge in [-0.2, -0.15) is 11.3 Å². The Bertz CT molecular complexity index is 369. The summed E-state index contributed by atoms with van der Waals surface area (Å²) < 4.78 is 5.96. The van der Waals surface area contributed by atoms with Gasteiger partial charge in [0.15, 0.2) is 0 Å². The van der Waals surface area contributed by atoms with Gasteiger partial charge in [-0.1, -0.05) is 26.2 Å². The van der Waals surface area contributed by atoms with Crippen LogP contribution < -0.4 is 5.32 Å². The van der Waals surface area contributed by atoms with E-state index < -0.39 is 6.10 Å². The molecule has 2 N–H and O–H groups in total. The van der Waals surface area contributed by atoms with Crippen LogP contribution in [0.15, 0.2) is 16.8 Å². The lowest BCUT2D eigenvalue weighted by Crippen LogP contribution is -2.35. The molecular formula is C17H29NO2S.